The molecule has 1 N–H and O–H groups in total. The second-order valence-corrected chi connectivity index (χ2v) is 7.66. The average molecular weight is 465 g/mol. The quantitative estimate of drug-likeness (QED) is 0.256. The topological polar surface area (TPSA) is 80.6 Å². The number of nitrogens with one attached hydrogen (secondary N) is 1. The summed E-state index contributed by atoms with van der Waals surface area (Å²) >= 11 is 0. The molecule has 0 fully saturated rings. The normalized spacial score (nSPS) is 10.9. The van der Waals surface area contributed by atoms with Crippen LogP contribution in [-0.4, -0.2) is 20.1 Å². The van der Waals surface area contributed by atoms with E-state index < -0.39 is 5.91 Å². The Kier molecular flexibility index (Phi) is 7.29. The van der Waals surface area contributed by atoms with Gasteiger partial charge < -0.3 is 19.5 Å². The molecular formula is C29H24N2O4. The molecule has 0 aliphatic heterocycles. The lowest BCUT2D eigenvalue weighted by Gasteiger charge is -2.13. The van der Waals surface area contributed by atoms with Crippen molar-refractivity contribution in [2.75, 3.05) is 19.5 Å². The Morgan fingerprint density at radius 3 is 2.43 bits per heavy atom. The van der Waals surface area contributed by atoms with Crippen molar-refractivity contribution in [3.63, 3.8) is 0 Å². The van der Waals surface area contributed by atoms with Crippen molar-refractivity contribution in [2.45, 2.75) is 6.61 Å². The summed E-state index contributed by atoms with van der Waals surface area (Å²) in [6.07, 6.45) is 1.50. The van der Waals surface area contributed by atoms with Gasteiger partial charge in [0.2, 0.25) is 0 Å². The lowest BCUT2D eigenvalue weighted by atomic mass is 10.1. The Bertz CT molecular complexity index is 1430. The van der Waals surface area contributed by atoms with E-state index in [1.807, 2.05) is 30.3 Å². The molecule has 0 unspecified atom stereocenters. The van der Waals surface area contributed by atoms with Gasteiger partial charge in [0.05, 0.1) is 19.9 Å². The number of anilines is 1. The van der Waals surface area contributed by atoms with Crippen LogP contribution >= 0.6 is 0 Å². The molecule has 6 nitrogen and oxygen atoms in total. The van der Waals surface area contributed by atoms with Gasteiger partial charge in [0, 0.05) is 0 Å². The first-order valence-corrected chi connectivity index (χ1v) is 11.0. The molecule has 0 saturated heterocycles. The Labute approximate surface area is 204 Å². The van der Waals surface area contributed by atoms with Crippen molar-refractivity contribution in [1.82, 2.24) is 0 Å². The zero-order chi connectivity index (χ0) is 24.6. The van der Waals surface area contributed by atoms with Gasteiger partial charge in [-0.3, -0.25) is 4.79 Å². The van der Waals surface area contributed by atoms with E-state index in [9.17, 15) is 10.1 Å². The second kappa shape index (κ2) is 10.9. The number of hydrogen-bond donors (Lipinski definition) is 1. The summed E-state index contributed by atoms with van der Waals surface area (Å²) in [5.41, 5.74) is 2.12. The molecule has 4 aromatic carbocycles. The monoisotopic (exact) mass is 464 g/mol. The maximum Gasteiger partial charge on any atom is 0.266 e. The number of methoxy groups -OCH3 is 2. The molecule has 35 heavy (non-hydrogen) atoms. The minimum Gasteiger partial charge on any atom is -0.495 e. The summed E-state index contributed by atoms with van der Waals surface area (Å²) in [5.74, 6) is 1.04. The highest BCUT2D eigenvalue weighted by molar-refractivity contribution is 6.10. The summed E-state index contributed by atoms with van der Waals surface area (Å²) in [4.78, 5) is 12.7. The van der Waals surface area contributed by atoms with Crippen molar-refractivity contribution < 1.29 is 19.0 Å². The van der Waals surface area contributed by atoms with Gasteiger partial charge in [-0.25, -0.2) is 0 Å². The van der Waals surface area contributed by atoms with Gasteiger partial charge in [-0.05, 0) is 52.2 Å². The maximum absolute atomic E-state index is 12.7. The first-order valence-electron chi connectivity index (χ1n) is 11.0. The van der Waals surface area contributed by atoms with Gasteiger partial charge >= 0.3 is 0 Å². The van der Waals surface area contributed by atoms with Crippen LogP contribution in [0.5, 0.6) is 17.2 Å². The van der Waals surface area contributed by atoms with Crippen molar-refractivity contribution in [3.05, 3.63) is 102 Å². The number of benzene rings is 4. The van der Waals surface area contributed by atoms with Crippen molar-refractivity contribution in [2.24, 2.45) is 0 Å². The van der Waals surface area contributed by atoms with E-state index in [2.05, 4.69) is 23.5 Å². The Morgan fingerprint density at radius 2 is 1.63 bits per heavy atom. The Balaban J connectivity index is 1.52. The number of para-hydroxylation sites is 2. The summed E-state index contributed by atoms with van der Waals surface area (Å²) in [5, 5.41) is 14.6. The van der Waals surface area contributed by atoms with Gasteiger partial charge in [0.1, 0.15) is 24.0 Å². The van der Waals surface area contributed by atoms with Crippen LogP contribution in [0.15, 0.2) is 90.5 Å². The van der Waals surface area contributed by atoms with Crippen LogP contribution in [-0.2, 0) is 11.4 Å². The van der Waals surface area contributed by atoms with E-state index in [1.54, 1.807) is 49.6 Å². The molecule has 1 amide bonds. The molecule has 0 aliphatic carbocycles. The average Bonchev–Trinajstić information content (AvgIpc) is 2.91. The molecular weight excluding hydrogens is 440 g/mol. The third-order valence-electron chi connectivity index (χ3n) is 5.48. The molecule has 0 atom stereocenters. The van der Waals surface area contributed by atoms with Crippen LogP contribution in [0, 0.1) is 11.3 Å². The van der Waals surface area contributed by atoms with Gasteiger partial charge in [0.25, 0.3) is 5.91 Å². The fourth-order valence-corrected chi connectivity index (χ4v) is 3.72. The van der Waals surface area contributed by atoms with E-state index in [-0.39, 0.29) is 5.57 Å². The first kappa shape index (κ1) is 23.4. The SMILES string of the molecule is COc1ccccc1NC(=O)/C(C#N)=C/c1ccc(OCc2cccc3ccccc23)c(OC)c1. The number of carbonyl (C=O) groups is 1. The summed E-state index contributed by atoms with van der Waals surface area (Å²) in [7, 11) is 3.06. The third kappa shape index (κ3) is 5.43. The number of nitrogens with zero attached hydrogens (tertiary/aromatic N) is 1. The standard InChI is InChI=1S/C29H24N2O4/c1-33-26-13-6-5-12-25(26)31-29(32)23(18-30)16-20-14-15-27(28(17-20)34-2)35-19-22-10-7-9-21-8-3-4-11-24(21)22/h3-17H,19H2,1-2H3,(H,31,32)/b23-16+. The first-order chi connectivity index (χ1) is 17.1. The molecule has 0 saturated carbocycles. The lowest BCUT2D eigenvalue weighted by molar-refractivity contribution is -0.112. The Morgan fingerprint density at radius 1 is 0.886 bits per heavy atom. The molecule has 0 radical (unpaired) electrons. The molecule has 6 heteroatoms. The molecule has 0 bridgehead atoms. The highest BCUT2D eigenvalue weighted by Crippen LogP contribution is 2.31. The van der Waals surface area contributed by atoms with Crippen LogP contribution in [0.4, 0.5) is 5.69 Å². The van der Waals surface area contributed by atoms with E-state index in [0.717, 1.165) is 16.3 Å². The molecule has 4 aromatic rings. The van der Waals surface area contributed by atoms with Crippen LogP contribution in [0.1, 0.15) is 11.1 Å². The summed E-state index contributed by atoms with van der Waals surface area (Å²) < 4.78 is 16.8. The van der Waals surface area contributed by atoms with Crippen LogP contribution in [0.3, 0.4) is 0 Å². The van der Waals surface area contributed by atoms with Crippen molar-refractivity contribution >= 4 is 28.4 Å². The maximum atomic E-state index is 12.7. The number of ether oxygens (including phenoxy) is 3. The summed E-state index contributed by atoms with van der Waals surface area (Å²) in [6, 6.07) is 28.5. The number of fused-ring (bicyclic) bond motifs is 1. The fraction of sp³-hybridized carbons (Fsp3) is 0.103. The number of rotatable bonds is 8. The number of hydrogen-bond acceptors (Lipinski definition) is 5. The minimum absolute atomic E-state index is 0.0533. The molecule has 0 aliphatic rings. The number of carbonyl (C=O) groups excluding carboxylic acids is 1. The molecule has 0 spiro atoms. The van der Waals surface area contributed by atoms with Gasteiger partial charge in [-0.1, -0.05) is 60.7 Å². The summed E-state index contributed by atoms with van der Waals surface area (Å²) in [6.45, 7) is 0.373. The molecule has 0 aromatic heterocycles. The third-order valence-corrected chi connectivity index (χ3v) is 5.48. The number of amides is 1. The van der Waals surface area contributed by atoms with E-state index in [0.29, 0.717) is 35.1 Å². The second-order valence-electron chi connectivity index (χ2n) is 7.66. The predicted octanol–water partition coefficient (Wildman–Crippen LogP) is 5.98. The van der Waals surface area contributed by atoms with E-state index in [1.165, 1.54) is 13.2 Å². The molecule has 4 rings (SSSR count). The van der Waals surface area contributed by atoms with Crippen molar-refractivity contribution in [3.8, 4) is 23.3 Å². The predicted molar refractivity (Wildman–Crippen MR) is 136 cm³/mol. The van der Waals surface area contributed by atoms with Gasteiger partial charge in [-0.2, -0.15) is 5.26 Å². The minimum atomic E-state index is -0.535. The van der Waals surface area contributed by atoms with Crippen LogP contribution < -0.4 is 19.5 Å². The largest absolute Gasteiger partial charge is 0.495 e. The Hall–Kier alpha value is -4.76. The fourth-order valence-electron chi connectivity index (χ4n) is 3.72. The van der Waals surface area contributed by atoms with E-state index in [4.69, 9.17) is 14.2 Å². The smallest absolute Gasteiger partial charge is 0.266 e. The van der Waals surface area contributed by atoms with Crippen LogP contribution in [0.25, 0.3) is 16.8 Å². The zero-order valence-electron chi connectivity index (χ0n) is 19.4. The number of nitriles is 1. The molecule has 0 heterocycles. The van der Waals surface area contributed by atoms with Crippen LogP contribution in [0.2, 0.25) is 0 Å². The lowest BCUT2D eigenvalue weighted by Crippen LogP contribution is -2.14. The van der Waals surface area contributed by atoms with Crippen molar-refractivity contribution in [1.29, 1.82) is 5.26 Å². The van der Waals surface area contributed by atoms with Gasteiger partial charge in [-0.15, -0.1) is 0 Å². The highest BCUT2D eigenvalue weighted by atomic mass is 16.5. The molecule has 174 valence electrons. The van der Waals surface area contributed by atoms with Gasteiger partial charge in [0.15, 0.2) is 11.5 Å². The zero-order valence-corrected chi connectivity index (χ0v) is 19.4. The van der Waals surface area contributed by atoms with E-state index >= 15 is 0 Å². The highest BCUT2D eigenvalue weighted by Gasteiger charge is 2.13.